The summed E-state index contributed by atoms with van der Waals surface area (Å²) in [6.45, 7) is 3.30. The summed E-state index contributed by atoms with van der Waals surface area (Å²) in [6.07, 6.45) is 3.08. The maximum atomic E-state index is 14.1. The van der Waals surface area contributed by atoms with Gasteiger partial charge >= 0.3 is 5.97 Å². The first-order valence-corrected chi connectivity index (χ1v) is 8.43. The van der Waals surface area contributed by atoms with Crippen molar-refractivity contribution in [2.24, 2.45) is 0 Å². The number of benzene rings is 1. The van der Waals surface area contributed by atoms with Crippen LogP contribution in [0.25, 0.3) is 0 Å². The number of nitrogens with zero attached hydrogens (tertiary/aromatic N) is 3. The van der Waals surface area contributed by atoms with Crippen molar-refractivity contribution >= 4 is 22.8 Å². The van der Waals surface area contributed by atoms with Crippen molar-refractivity contribution in [1.29, 1.82) is 0 Å². The average molecular weight is 369 g/mol. The normalized spacial score (nSPS) is 13.3. The molecule has 0 fully saturated rings. The third-order valence-electron chi connectivity index (χ3n) is 3.43. The van der Waals surface area contributed by atoms with Crippen molar-refractivity contribution in [3.05, 3.63) is 48.1 Å². The molecule has 0 amide bonds. The molecule has 0 unspecified atom stereocenters. The molecule has 25 heavy (non-hydrogen) atoms. The monoisotopic (exact) mass is 369 g/mol. The molecule has 2 rings (SSSR count). The van der Waals surface area contributed by atoms with Crippen LogP contribution in [0.2, 0.25) is 0 Å². The van der Waals surface area contributed by atoms with E-state index in [1.807, 2.05) is 6.92 Å². The molecule has 0 bridgehead atoms. The fourth-order valence-electron chi connectivity index (χ4n) is 2.33. The molecule has 6 nitrogen and oxygen atoms in total. The minimum Gasteiger partial charge on any atom is -0.317 e. The van der Waals surface area contributed by atoms with Crippen LogP contribution in [-0.2, 0) is 9.59 Å². The topological polar surface area (TPSA) is 74.1 Å². The average Bonchev–Trinajstić information content (AvgIpc) is 3.01. The smallest absolute Gasteiger partial charge is 0.317 e. The first-order valence-electron chi connectivity index (χ1n) is 7.55. The van der Waals surface area contributed by atoms with Crippen LogP contribution >= 0.6 is 11.8 Å². The molecule has 0 saturated carbocycles. The highest BCUT2D eigenvalue weighted by atomic mass is 32.2. The lowest BCUT2D eigenvalue weighted by Gasteiger charge is -2.18. The van der Waals surface area contributed by atoms with Gasteiger partial charge in [0.15, 0.2) is 11.4 Å². The molecule has 9 heteroatoms. The first kappa shape index (κ1) is 19.0. The third-order valence-corrected chi connectivity index (χ3v) is 4.40. The summed E-state index contributed by atoms with van der Waals surface area (Å²) in [7, 11) is 0. The van der Waals surface area contributed by atoms with Crippen LogP contribution in [-0.4, -0.2) is 31.3 Å². The zero-order valence-corrected chi connectivity index (χ0v) is 14.5. The van der Waals surface area contributed by atoms with Gasteiger partial charge in [-0.05, 0) is 18.9 Å². The summed E-state index contributed by atoms with van der Waals surface area (Å²) >= 11 is 1.14. The van der Waals surface area contributed by atoms with E-state index in [9.17, 15) is 18.4 Å². The Labute approximate surface area is 147 Å². The molecule has 2 atom stereocenters. The lowest BCUT2D eigenvalue weighted by molar-refractivity contribution is -0.148. The molecule has 0 radical (unpaired) electrons. The van der Waals surface area contributed by atoms with E-state index in [0.717, 1.165) is 28.7 Å². The number of aromatic nitrogens is 3. The van der Waals surface area contributed by atoms with Gasteiger partial charge in [-0.3, -0.25) is 4.79 Å². The van der Waals surface area contributed by atoms with Crippen LogP contribution in [0.3, 0.4) is 0 Å². The van der Waals surface area contributed by atoms with Crippen LogP contribution < -0.4 is 4.84 Å². The van der Waals surface area contributed by atoms with Crippen LogP contribution in [0.1, 0.15) is 38.2 Å². The number of hydrogen-bond donors (Lipinski definition) is 0. The van der Waals surface area contributed by atoms with Gasteiger partial charge in [-0.25, -0.2) is 18.6 Å². The zero-order valence-electron chi connectivity index (χ0n) is 13.7. The van der Waals surface area contributed by atoms with Crippen molar-refractivity contribution in [3.8, 4) is 0 Å². The van der Waals surface area contributed by atoms with Crippen molar-refractivity contribution in [2.75, 3.05) is 0 Å². The molecule has 1 aromatic carbocycles. The van der Waals surface area contributed by atoms with E-state index in [0.29, 0.717) is 6.42 Å². The highest BCUT2D eigenvalue weighted by Gasteiger charge is 2.27. The summed E-state index contributed by atoms with van der Waals surface area (Å²) < 4.78 is 27.3. The molecule has 0 N–H and O–H groups in total. The Balaban J connectivity index is 2.18. The van der Waals surface area contributed by atoms with Crippen LogP contribution in [0, 0.1) is 11.6 Å². The first-order chi connectivity index (χ1) is 11.9. The van der Waals surface area contributed by atoms with Crippen molar-refractivity contribution in [1.82, 2.24) is 14.9 Å². The highest BCUT2D eigenvalue weighted by Crippen LogP contribution is 2.28. The van der Waals surface area contributed by atoms with Gasteiger partial charge in [0.25, 0.3) is 0 Å². The Hall–Kier alpha value is -2.29. The molecule has 0 aliphatic carbocycles. The molecule has 134 valence electrons. The number of hydrogen-bond acceptors (Lipinski definition) is 6. The molecule has 0 spiro atoms. The van der Waals surface area contributed by atoms with Crippen molar-refractivity contribution < 1.29 is 23.2 Å². The Bertz CT molecular complexity index is 740. The number of carbonyl (C=O) groups excluding carboxylic acids is 2. The molecular weight excluding hydrogens is 352 g/mol. The van der Waals surface area contributed by atoms with E-state index in [4.69, 9.17) is 4.84 Å². The van der Waals surface area contributed by atoms with Crippen molar-refractivity contribution in [2.45, 2.75) is 37.9 Å². The van der Waals surface area contributed by atoms with Gasteiger partial charge in [-0.15, -0.1) is 5.10 Å². The van der Waals surface area contributed by atoms with E-state index in [2.05, 4.69) is 10.1 Å². The van der Waals surface area contributed by atoms with Gasteiger partial charge in [0.05, 0.1) is 5.92 Å². The molecule has 0 saturated heterocycles. The fourth-order valence-corrected chi connectivity index (χ4v) is 3.15. The fraction of sp³-hybridized carbons (Fsp3) is 0.375. The zero-order chi connectivity index (χ0) is 18.4. The molecule has 0 aliphatic rings. The van der Waals surface area contributed by atoms with Crippen LogP contribution in [0.5, 0.6) is 0 Å². The van der Waals surface area contributed by atoms with Crippen LogP contribution in [0.4, 0.5) is 8.78 Å². The van der Waals surface area contributed by atoms with Gasteiger partial charge in [-0.1, -0.05) is 29.6 Å². The summed E-state index contributed by atoms with van der Waals surface area (Å²) in [5.74, 6) is -3.26. The predicted octanol–water partition coefficient (Wildman–Crippen LogP) is 2.74. The molecule has 1 aromatic heterocycles. The number of rotatable bonds is 7. The Morgan fingerprint density at radius 1 is 1.32 bits per heavy atom. The number of carbonyl (C=O) groups is 2. The molecule has 0 aliphatic heterocycles. The Kier molecular flexibility index (Phi) is 6.63. The minimum absolute atomic E-state index is 0.0338. The Morgan fingerprint density at radius 2 is 2.08 bits per heavy atom. The number of thioether (sulfide) groups is 1. The van der Waals surface area contributed by atoms with E-state index in [-0.39, 0.29) is 22.3 Å². The standard InChI is InChI=1S/C16H17F2N3O3S/c1-10(25-11(2)22)3-5-14(13-6-4-12(17)7-15(13)18)16(23)24-21-9-19-8-20-21/h4,6-10,14H,3,5H2,1-2H3/t10-,14-/m1/s1. The molecular formula is C16H17F2N3O3S. The SMILES string of the molecule is CC(=O)S[C@H](C)CC[C@@H](C(=O)On1cncn1)c1ccc(F)cc1F. The summed E-state index contributed by atoms with van der Waals surface area (Å²) in [5, 5.41) is 3.57. The second kappa shape index (κ2) is 8.70. The van der Waals surface area contributed by atoms with Gasteiger partial charge < -0.3 is 4.84 Å². The van der Waals surface area contributed by atoms with Gasteiger partial charge in [0.2, 0.25) is 0 Å². The summed E-state index contributed by atoms with van der Waals surface area (Å²) in [5.41, 5.74) is 0.0338. The van der Waals surface area contributed by atoms with Crippen molar-refractivity contribution in [3.63, 3.8) is 0 Å². The lowest BCUT2D eigenvalue weighted by Crippen LogP contribution is -2.27. The second-order valence-corrected chi connectivity index (χ2v) is 7.04. The Morgan fingerprint density at radius 3 is 2.68 bits per heavy atom. The van der Waals surface area contributed by atoms with Gasteiger partial charge in [0.1, 0.15) is 18.0 Å². The summed E-state index contributed by atoms with van der Waals surface area (Å²) in [4.78, 5) is 33.2. The number of halogens is 2. The molecule has 2 aromatic rings. The van der Waals surface area contributed by atoms with Gasteiger partial charge in [0, 0.05) is 23.8 Å². The minimum atomic E-state index is -0.959. The quantitative estimate of drug-likeness (QED) is 0.747. The van der Waals surface area contributed by atoms with E-state index in [1.165, 1.54) is 25.6 Å². The van der Waals surface area contributed by atoms with E-state index < -0.39 is 23.5 Å². The van der Waals surface area contributed by atoms with E-state index in [1.54, 1.807) is 0 Å². The molecule has 1 heterocycles. The third kappa shape index (κ3) is 5.63. The van der Waals surface area contributed by atoms with E-state index >= 15 is 0 Å². The summed E-state index contributed by atoms with van der Waals surface area (Å²) in [6, 6.07) is 3.03. The lowest BCUT2D eigenvalue weighted by atomic mass is 9.93. The predicted molar refractivity (Wildman–Crippen MR) is 87.7 cm³/mol. The van der Waals surface area contributed by atoms with Gasteiger partial charge in [-0.2, -0.15) is 0 Å². The highest BCUT2D eigenvalue weighted by molar-refractivity contribution is 8.14. The maximum absolute atomic E-state index is 14.1. The maximum Gasteiger partial charge on any atom is 0.342 e. The van der Waals surface area contributed by atoms with Crippen LogP contribution in [0.15, 0.2) is 30.9 Å². The second-order valence-electron chi connectivity index (χ2n) is 5.42. The largest absolute Gasteiger partial charge is 0.342 e.